The van der Waals surface area contributed by atoms with Crippen molar-refractivity contribution in [3.63, 3.8) is 0 Å². The van der Waals surface area contributed by atoms with Gasteiger partial charge in [-0.2, -0.15) is 0 Å². The number of nitrogen functional groups attached to an aromatic ring is 1. The van der Waals surface area contributed by atoms with Crippen LogP contribution in [0.4, 0.5) is 0 Å². The number of nitrogens with one attached hydrogen (secondary N) is 1. The quantitative estimate of drug-likeness (QED) is 0.488. The third kappa shape index (κ3) is 3.11. The maximum Gasteiger partial charge on any atom is 0.301 e. The molecule has 3 N–H and O–H groups in total. The molecule has 18 heavy (non-hydrogen) atoms. The zero-order valence-corrected chi connectivity index (χ0v) is 10.7. The van der Waals surface area contributed by atoms with Crippen LogP contribution in [0, 0.1) is 6.92 Å². The number of hydrazine groups is 1. The van der Waals surface area contributed by atoms with E-state index in [0.29, 0.717) is 18.5 Å². The Morgan fingerprint density at radius 3 is 2.89 bits per heavy atom. The lowest BCUT2D eigenvalue weighted by atomic mass is 9.98. The highest BCUT2D eigenvalue weighted by Gasteiger charge is 2.17. The van der Waals surface area contributed by atoms with E-state index in [1.54, 1.807) is 0 Å². The van der Waals surface area contributed by atoms with Crippen LogP contribution in [-0.4, -0.2) is 12.0 Å². The summed E-state index contributed by atoms with van der Waals surface area (Å²) in [5.41, 5.74) is 2.85. The largest absolute Gasteiger partial charge is 0.453 e. The van der Waals surface area contributed by atoms with Crippen molar-refractivity contribution in [2.45, 2.75) is 51.7 Å². The molecule has 1 aromatic rings. The zero-order valence-electron chi connectivity index (χ0n) is 10.7. The number of rotatable bonds is 4. The molecule has 100 valence electrons. The number of ether oxygens (including phenoxy) is 1. The molecule has 1 fully saturated rings. The SMILES string of the molecule is Cc1cc(COC2CCCCC2)oc1C(=O)NN. The van der Waals surface area contributed by atoms with Gasteiger partial charge < -0.3 is 9.15 Å². The molecule has 1 aromatic heterocycles. The van der Waals surface area contributed by atoms with E-state index in [1.165, 1.54) is 19.3 Å². The fourth-order valence-corrected chi connectivity index (χ4v) is 2.34. The molecule has 0 radical (unpaired) electrons. The minimum absolute atomic E-state index is 0.264. The Hall–Kier alpha value is -1.33. The second-order valence-electron chi connectivity index (χ2n) is 4.77. The van der Waals surface area contributed by atoms with Gasteiger partial charge in [-0.1, -0.05) is 19.3 Å². The first kappa shape index (κ1) is 13.1. The lowest BCUT2D eigenvalue weighted by Crippen LogP contribution is -2.30. The third-order valence-corrected chi connectivity index (χ3v) is 3.32. The van der Waals surface area contributed by atoms with Gasteiger partial charge >= 0.3 is 5.91 Å². The molecule has 0 aromatic carbocycles. The van der Waals surface area contributed by atoms with Crippen LogP contribution in [0.3, 0.4) is 0 Å². The second-order valence-corrected chi connectivity index (χ2v) is 4.77. The van der Waals surface area contributed by atoms with Crippen LogP contribution in [0.15, 0.2) is 10.5 Å². The van der Waals surface area contributed by atoms with Gasteiger partial charge in [0.1, 0.15) is 12.4 Å². The zero-order chi connectivity index (χ0) is 13.0. The first-order chi connectivity index (χ1) is 8.70. The summed E-state index contributed by atoms with van der Waals surface area (Å²) in [5.74, 6) is 5.62. The first-order valence-corrected chi connectivity index (χ1v) is 6.42. The molecule has 1 saturated carbocycles. The van der Waals surface area contributed by atoms with Crippen molar-refractivity contribution in [2.24, 2.45) is 5.84 Å². The normalized spacial score (nSPS) is 16.8. The standard InChI is InChI=1S/C13H20N2O3/c1-9-7-11(18-12(9)13(16)15-14)8-17-10-5-3-2-4-6-10/h7,10H,2-6,8,14H2,1H3,(H,15,16). The number of hydrogen-bond acceptors (Lipinski definition) is 4. The Kier molecular flexibility index (Phi) is 4.38. The van der Waals surface area contributed by atoms with Crippen LogP contribution in [0.25, 0.3) is 0 Å². The van der Waals surface area contributed by atoms with Crippen molar-refractivity contribution in [1.82, 2.24) is 5.43 Å². The van der Waals surface area contributed by atoms with E-state index in [1.807, 2.05) is 13.0 Å². The Balaban J connectivity index is 1.91. The van der Waals surface area contributed by atoms with E-state index in [0.717, 1.165) is 18.4 Å². The number of aryl methyl sites for hydroxylation is 1. The van der Waals surface area contributed by atoms with E-state index in [2.05, 4.69) is 5.43 Å². The Morgan fingerprint density at radius 2 is 2.22 bits per heavy atom. The molecule has 0 spiro atoms. The number of furan rings is 1. The molecular formula is C13H20N2O3. The highest BCUT2D eigenvalue weighted by atomic mass is 16.5. The summed E-state index contributed by atoms with van der Waals surface area (Å²) < 4.78 is 11.2. The molecule has 1 amide bonds. The van der Waals surface area contributed by atoms with Gasteiger partial charge in [0.2, 0.25) is 0 Å². The van der Waals surface area contributed by atoms with Crippen LogP contribution < -0.4 is 11.3 Å². The number of hydrogen-bond donors (Lipinski definition) is 2. The molecule has 0 bridgehead atoms. The van der Waals surface area contributed by atoms with Crippen LogP contribution in [-0.2, 0) is 11.3 Å². The fraction of sp³-hybridized carbons (Fsp3) is 0.615. The summed E-state index contributed by atoms with van der Waals surface area (Å²) in [6.45, 7) is 2.24. The summed E-state index contributed by atoms with van der Waals surface area (Å²) >= 11 is 0. The summed E-state index contributed by atoms with van der Waals surface area (Å²) in [6, 6.07) is 1.83. The first-order valence-electron chi connectivity index (χ1n) is 6.42. The Labute approximate surface area is 107 Å². The van der Waals surface area contributed by atoms with Gasteiger partial charge in [0, 0.05) is 5.56 Å². The lowest BCUT2D eigenvalue weighted by molar-refractivity contribution is 0.00844. The van der Waals surface area contributed by atoms with Crippen molar-refractivity contribution in [1.29, 1.82) is 0 Å². The van der Waals surface area contributed by atoms with Crippen molar-refractivity contribution < 1.29 is 13.9 Å². The van der Waals surface area contributed by atoms with E-state index in [-0.39, 0.29) is 5.76 Å². The number of nitrogens with two attached hydrogens (primary N) is 1. The molecule has 2 rings (SSSR count). The Bertz CT molecular complexity index is 408. The van der Waals surface area contributed by atoms with Crippen molar-refractivity contribution >= 4 is 5.91 Å². The number of carbonyl (C=O) groups is 1. The van der Waals surface area contributed by atoms with Gasteiger partial charge in [-0.15, -0.1) is 0 Å². The van der Waals surface area contributed by atoms with Gasteiger partial charge in [-0.05, 0) is 25.8 Å². The summed E-state index contributed by atoms with van der Waals surface area (Å²) in [5, 5.41) is 0. The van der Waals surface area contributed by atoms with Crippen molar-refractivity contribution in [2.75, 3.05) is 0 Å². The van der Waals surface area contributed by atoms with Gasteiger partial charge in [0.05, 0.1) is 6.10 Å². The topological polar surface area (TPSA) is 77.5 Å². The second kappa shape index (κ2) is 6.02. The van der Waals surface area contributed by atoms with Gasteiger partial charge in [-0.3, -0.25) is 10.2 Å². The van der Waals surface area contributed by atoms with Crippen LogP contribution in [0.1, 0.15) is 54.0 Å². The van der Waals surface area contributed by atoms with E-state index in [9.17, 15) is 4.79 Å². The summed E-state index contributed by atoms with van der Waals surface area (Å²) in [4.78, 5) is 11.4. The average molecular weight is 252 g/mol. The van der Waals surface area contributed by atoms with Crippen molar-refractivity contribution in [3.05, 3.63) is 23.2 Å². The molecule has 1 aliphatic carbocycles. The van der Waals surface area contributed by atoms with Gasteiger partial charge in [0.15, 0.2) is 5.76 Å². The number of amides is 1. The predicted octanol–water partition coefficient (Wildman–Crippen LogP) is 2.04. The third-order valence-electron chi connectivity index (χ3n) is 3.32. The van der Waals surface area contributed by atoms with Crippen molar-refractivity contribution in [3.8, 4) is 0 Å². The van der Waals surface area contributed by atoms with Gasteiger partial charge in [0.25, 0.3) is 0 Å². The molecular weight excluding hydrogens is 232 g/mol. The molecule has 5 heteroatoms. The van der Waals surface area contributed by atoms with Crippen LogP contribution in [0.5, 0.6) is 0 Å². The Morgan fingerprint density at radius 1 is 1.50 bits per heavy atom. The maximum absolute atomic E-state index is 11.4. The maximum atomic E-state index is 11.4. The molecule has 1 aliphatic rings. The minimum atomic E-state index is -0.406. The van der Waals surface area contributed by atoms with E-state index < -0.39 is 5.91 Å². The highest BCUT2D eigenvalue weighted by Crippen LogP contribution is 2.22. The molecule has 5 nitrogen and oxygen atoms in total. The molecule has 0 aliphatic heterocycles. The van der Waals surface area contributed by atoms with E-state index >= 15 is 0 Å². The smallest absolute Gasteiger partial charge is 0.301 e. The fourth-order valence-electron chi connectivity index (χ4n) is 2.34. The monoisotopic (exact) mass is 252 g/mol. The number of carbonyl (C=O) groups excluding carboxylic acids is 1. The van der Waals surface area contributed by atoms with Crippen LogP contribution in [0.2, 0.25) is 0 Å². The molecule has 1 heterocycles. The molecule has 0 atom stereocenters. The molecule has 0 saturated heterocycles. The summed E-state index contributed by atoms with van der Waals surface area (Å²) in [6.07, 6.45) is 6.35. The predicted molar refractivity (Wildman–Crippen MR) is 66.8 cm³/mol. The van der Waals surface area contributed by atoms with Crippen LogP contribution >= 0.6 is 0 Å². The van der Waals surface area contributed by atoms with E-state index in [4.69, 9.17) is 15.0 Å². The molecule has 0 unspecified atom stereocenters. The average Bonchev–Trinajstić information content (AvgIpc) is 2.78. The van der Waals surface area contributed by atoms with Gasteiger partial charge in [-0.25, -0.2) is 5.84 Å². The summed E-state index contributed by atoms with van der Waals surface area (Å²) in [7, 11) is 0. The highest BCUT2D eigenvalue weighted by molar-refractivity contribution is 5.92. The lowest BCUT2D eigenvalue weighted by Gasteiger charge is -2.21. The minimum Gasteiger partial charge on any atom is -0.453 e.